The number of nitrogens with zero attached hydrogens (tertiary/aromatic N) is 2. The van der Waals surface area contributed by atoms with Gasteiger partial charge < -0.3 is 10.2 Å². The van der Waals surface area contributed by atoms with Crippen LogP contribution in [0.2, 0.25) is 0 Å². The molecule has 7 heteroatoms. The zero-order valence-electron chi connectivity index (χ0n) is 15.2. The molecule has 1 heterocycles. The summed E-state index contributed by atoms with van der Waals surface area (Å²) in [5.41, 5.74) is 0.433. The summed E-state index contributed by atoms with van der Waals surface area (Å²) in [6, 6.07) is 6.72. The number of piperazine rings is 1. The van der Waals surface area contributed by atoms with Crippen LogP contribution in [0.15, 0.2) is 29.2 Å². The predicted molar refractivity (Wildman–Crippen MR) is 99.4 cm³/mol. The number of rotatable bonds is 4. The van der Waals surface area contributed by atoms with E-state index < -0.39 is 10.0 Å². The van der Waals surface area contributed by atoms with Gasteiger partial charge in [-0.3, -0.25) is 4.79 Å². The van der Waals surface area contributed by atoms with Crippen molar-refractivity contribution in [2.24, 2.45) is 11.8 Å². The minimum absolute atomic E-state index is 0.155. The van der Waals surface area contributed by atoms with Crippen LogP contribution in [0.25, 0.3) is 0 Å². The maximum atomic E-state index is 12.9. The monoisotopic (exact) mass is 377 g/mol. The molecule has 1 aliphatic heterocycles. The zero-order valence-corrected chi connectivity index (χ0v) is 16.0. The van der Waals surface area contributed by atoms with E-state index in [1.54, 1.807) is 18.2 Å². The van der Waals surface area contributed by atoms with E-state index in [2.05, 4.69) is 10.2 Å². The summed E-state index contributed by atoms with van der Waals surface area (Å²) >= 11 is 0. The Balaban J connectivity index is 1.48. The van der Waals surface area contributed by atoms with Gasteiger partial charge >= 0.3 is 0 Å². The van der Waals surface area contributed by atoms with Gasteiger partial charge in [0.1, 0.15) is 0 Å². The first-order valence-corrected chi connectivity index (χ1v) is 11.0. The van der Waals surface area contributed by atoms with Crippen LogP contribution >= 0.6 is 0 Å². The first-order chi connectivity index (χ1) is 12.4. The van der Waals surface area contributed by atoms with E-state index in [-0.39, 0.29) is 16.8 Å². The molecule has 3 fully saturated rings. The van der Waals surface area contributed by atoms with Crippen LogP contribution in [0.3, 0.4) is 0 Å². The lowest BCUT2D eigenvalue weighted by molar-refractivity contribution is 0.0922. The number of nitrogens with one attached hydrogen (secondary N) is 1. The Hall–Kier alpha value is -1.44. The molecule has 3 unspecified atom stereocenters. The Morgan fingerprint density at radius 1 is 1.12 bits per heavy atom. The molecule has 2 saturated carbocycles. The van der Waals surface area contributed by atoms with Gasteiger partial charge in [0.2, 0.25) is 10.0 Å². The van der Waals surface area contributed by atoms with E-state index in [4.69, 9.17) is 0 Å². The van der Waals surface area contributed by atoms with Crippen molar-refractivity contribution in [3.8, 4) is 0 Å². The summed E-state index contributed by atoms with van der Waals surface area (Å²) in [6.45, 7) is 2.42. The second-order valence-electron chi connectivity index (χ2n) is 7.99. The van der Waals surface area contributed by atoms with Crippen LogP contribution in [-0.2, 0) is 10.0 Å². The van der Waals surface area contributed by atoms with Crippen molar-refractivity contribution in [3.63, 3.8) is 0 Å². The Morgan fingerprint density at radius 3 is 2.54 bits per heavy atom. The molecule has 2 aliphatic carbocycles. The normalized spacial score (nSPS) is 29.8. The third-order valence-corrected chi connectivity index (χ3v) is 8.15. The molecule has 1 aromatic carbocycles. The quantitative estimate of drug-likeness (QED) is 0.864. The lowest BCUT2D eigenvalue weighted by Crippen LogP contribution is -2.47. The van der Waals surface area contributed by atoms with Gasteiger partial charge in [0.15, 0.2) is 0 Å². The van der Waals surface area contributed by atoms with Crippen molar-refractivity contribution in [1.82, 2.24) is 14.5 Å². The van der Waals surface area contributed by atoms with E-state index in [0.717, 1.165) is 25.4 Å². The first kappa shape index (κ1) is 17.9. The topological polar surface area (TPSA) is 69.7 Å². The third kappa shape index (κ3) is 3.40. The van der Waals surface area contributed by atoms with E-state index in [9.17, 15) is 13.2 Å². The molecule has 3 aliphatic rings. The molecule has 4 rings (SSSR count). The number of amides is 1. The molecule has 2 bridgehead atoms. The predicted octanol–water partition coefficient (Wildman–Crippen LogP) is 1.54. The maximum absolute atomic E-state index is 12.9. The molecule has 0 spiro atoms. The van der Waals surface area contributed by atoms with Gasteiger partial charge in [-0.05, 0) is 56.3 Å². The lowest BCUT2D eigenvalue weighted by atomic mass is 9.95. The van der Waals surface area contributed by atoms with Crippen LogP contribution in [-0.4, -0.2) is 62.8 Å². The highest BCUT2D eigenvalue weighted by atomic mass is 32.2. The number of likely N-dealkylation sites (N-methyl/N-ethyl adjacent to an activating group) is 1. The number of benzene rings is 1. The van der Waals surface area contributed by atoms with Gasteiger partial charge in [0, 0.05) is 37.8 Å². The lowest BCUT2D eigenvalue weighted by Gasteiger charge is -2.31. The molecule has 0 radical (unpaired) electrons. The van der Waals surface area contributed by atoms with Gasteiger partial charge in [-0.25, -0.2) is 8.42 Å². The highest BCUT2D eigenvalue weighted by Gasteiger charge is 2.40. The van der Waals surface area contributed by atoms with Crippen LogP contribution < -0.4 is 5.32 Å². The molecular weight excluding hydrogens is 350 g/mol. The Bertz CT molecular complexity index is 787. The molecule has 0 aromatic heterocycles. The number of hydrogen-bond acceptors (Lipinski definition) is 4. The molecule has 1 amide bonds. The average molecular weight is 378 g/mol. The van der Waals surface area contributed by atoms with Crippen LogP contribution in [0.5, 0.6) is 0 Å². The fourth-order valence-electron chi connectivity index (χ4n) is 4.65. The molecule has 3 atom stereocenters. The molecule has 1 aromatic rings. The van der Waals surface area contributed by atoms with Crippen molar-refractivity contribution in [2.45, 2.75) is 36.6 Å². The summed E-state index contributed by atoms with van der Waals surface area (Å²) in [5, 5.41) is 3.14. The molecule has 1 N–H and O–H groups in total. The van der Waals surface area contributed by atoms with E-state index in [1.165, 1.54) is 29.6 Å². The average Bonchev–Trinajstić information content (AvgIpc) is 3.25. The number of hydrogen-bond donors (Lipinski definition) is 1. The second kappa shape index (κ2) is 6.94. The summed E-state index contributed by atoms with van der Waals surface area (Å²) in [4.78, 5) is 15.0. The highest BCUT2D eigenvalue weighted by Crippen LogP contribution is 2.44. The summed E-state index contributed by atoms with van der Waals surface area (Å²) in [5.74, 6) is 1.20. The SMILES string of the molecule is CN1CCN(S(=O)(=O)c2cccc(C(=O)NC3CC4CCC3C4)c2)CC1. The number of carbonyl (C=O) groups is 1. The summed E-state index contributed by atoms with van der Waals surface area (Å²) < 4.78 is 27.3. The summed E-state index contributed by atoms with van der Waals surface area (Å²) in [7, 11) is -1.56. The van der Waals surface area contributed by atoms with Gasteiger partial charge in [-0.15, -0.1) is 0 Å². The fourth-order valence-corrected chi connectivity index (χ4v) is 6.12. The van der Waals surface area contributed by atoms with Crippen LogP contribution in [0, 0.1) is 11.8 Å². The highest BCUT2D eigenvalue weighted by molar-refractivity contribution is 7.89. The third-order valence-electron chi connectivity index (χ3n) is 6.25. The maximum Gasteiger partial charge on any atom is 0.251 e. The molecule has 142 valence electrons. The van der Waals surface area contributed by atoms with Crippen molar-refractivity contribution in [3.05, 3.63) is 29.8 Å². The van der Waals surface area contributed by atoms with Gasteiger partial charge in [-0.1, -0.05) is 12.5 Å². The Kier molecular flexibility index (Phi) is 4.79. The van der Waals surface area contributed by atoms with Crippen molar-refractivity contribution in [1.29, 1.82) is 0 Å². The van der Waals surface area contributed by atoms with Crippen molar-refractivity contribution in [2.75, 3.05) is 33.2 Å². The number of carbonyl (C=O) groups excluding carboxylic acids is 1. The van der Waals surface area contributed by atoms with E-state index in [0.29, 0.717) is 24.6 Å². The van der Waals surface area contributed by atoms with Crippen molar-refractivity contribution >= 4 is 15.9 Å². The molecular formula is C19H27N3O3S. The first-order valence-electron chi connectivity index (χ1n) is 9.53. The van der Waals surface area contributed by atoms with Crippen molar-refractivity contribution < 1.29 is 13.2 Å². The Morgan fingerprint density at radius 2 is 1.88 bits per heavy atom. The van der Waals surface area contributed by atoms with Gasteiger partial charge in [0.25, 0.3) is 5.91 Å². The van der Waals surface area contributed by atoms with Gasteiger partial charge in [0.05, 0.1) is 4.90 Å². The number of sulfonamides is 1. The van der Waals surface area contributed by atoms with Crippen LogP contribution in [0.1, 0.15) is 36.0 Å². The smallest absolute Gasteiger partial charge is 0.251 e. The standard InChI is InChI=1S/C19H27N3O3S/c1-21-7-9-22(10-8-21)26(24,25)17-4-2-3-16(13-17)19(23)20-18-12-14-5-6-15(18)11-14/h2-4,13-15,18H,5-12H2,1H3,(H,20,23). The number of fused-ring (bicyclic) bond motifs is 2. The fraction of sp³-hybridized carbons (Fsp3) is 0.632. The zero-order chi connectivity index (χ0) is 18.3. The molecule has 6 nitrogen and oxygen atoms in total. The van der Waals surface area contributed by atoms with Crippen LogP contribution in [0.4, 0.5) is 0 Å². The second-order valence-corrected chi connectivity index (χ2v) is 9.93. The minimum atomic E-state index is -3.55. The van der Waals surface area contributed by atoms with E-state index >= 15 is 0 Å². The summed E-state index contributed by atoms with van der Waals surface area (Å²) in [6.07, 6.45) is 4.78. The largest absolute Gasteiger partial charge is 0.349 e. The van der Waals surface area contributed by atoms with Gasteiger partial charge in [-0.2, -0.15) is 4.31 Å². The van der Waals surface area contributed by atoms with E-state index in [1.807, 2.05) is 7.05 Å². The molecule has 26 heavy (non-hydrogen) atoms. The Labute approximate surface area is 155 Å². The molecule has 1 saturated heterocycles. The minimum Gasteiger partial charge on any atom is -0.349 e.